The topological polar surface area (TPSA) is 60.9 Å². The highest BCUT2D eigenvalue weighted by Gasteiger charge is 2.17. The maximum atomic E-state index is 11.1. The van der Waals surface area contributed by atoms with Crippen LogP contribution in [-0.4, -0.2) is 15.5 Å². The number of rotatable bonds is 4. The fourth-order valence-electron chi connectivity index (χ4n) is 2.32. The number of hydrogen-bond donors (Lipinski definition) is 1. The first-order chi connectivity index (χ1) is 8.54. The number of halogens is 1. The number of nitrogens with two attached hydrogens (primary N) is 1. The lowest BCUT2D eigenvalue weighted by atomic mass is 10.1. The number of aromatic nitrogens is 2. The summed E-state index contributed by atoms with van der Waals surface area (Å²) in [5.74, 6) is 0.769. The fraction of sp³-hybridized carbons (Fsp3) is 0.385. The van der Waals surface area contributed by atoms with Gasteiger partial charge in [-0.05, 0) is 25.5 Å². The van der Waals surface area contributed by atoms with Crippen molar-refractivity contribution >= 4 is 28.5 Å². The number of aryl methyl sites for hydroxylation is 1. The van der Waals surface area contributed by atoms with Crippen LogP contribution in [0.2, 0.25) is 0 Å². The van der Waals surface area contributed by atoms with Crippen molar-refractivity contribution in [3.63, 3.8) is 0 Å². The number of amides is 1. The molecule has 1 heterocycles. The highest BCUT2D eigenvalue weighted by atomic mass is 35.5. The summed E-state index contributed by atoms with van der Waals surface area (Å²) in [6.07, 6.45) is 0.281. The van der Waals surface area contributed by atoms with E-state index in [4.69, 9.17) is 17.3 Å². The molecule has 0 saturated heterocycles. The van der Waals surface area contributed by atoms with Crippen LogP contribution in [0.5, 0.6) is 0 Å². The molecule has 0 aliphatic carbocycles. The molecule has 4 nitrogen and oxygen atoms in total. The number of nitrogens with zero attached hydrogens (tertiary/aromatic N) is 2. The van der Waals surface area contributed by atoms with Crippen LogP contribution in [0.25, 0.3) is 11.0 Å². The van der Waals surface area contributed by atoms with Gasteiger partial charge in [-0.1, -0.05) is 12.1 Å². The number of imidazole rings is 1. The van der Waals surface area contributed by atoms with E-state index >= 15 is 0 Å². The molecule has 0 spiro atoms. The minimum absolute atomic E-state index is 0.0395. The molecule has 1 amide bonds. The lowest BCUT2D eigenvalue weighted by molar-refractivity contribution is -0.118. The van der Waals surface area contributed by atoms with Gasteiger partial charge in [-0.25, -0.2) is 4.98 Å². The van der Waals surface area contributed by atoms with E-state index in [-0.39, 0.29) is 18.4 Å². The molecule has 1 aromatic heterocycles. The van der Waals surface area contributed by atoms with Crippen molar-refractivity contribution in [3.05, 3.63) is 29.6 Å². The second-order valence-electron chi connectivity index (χ2n) is 4.49. The van der Waals surface area contributed by atoms with E-state index in [1.807, 2.05) is 36.6 Å². The lowest BCUT2D eigenvalue weighted by Gasteiger charge is -2.16. The Hall–Kier alpha value is -1.55. The Bertz CT molecular complexity index is 591. The number of alkyl halides is 1. The zero-order valence-electron chi connectivity index (χ0n) is 10.5. The minimum Gasteiger partial charge on any atom is -0.370 e. The molecule has 1 unspecified atom stereocenters. The Labute approximate surface area is 111 Å². The van der Waals surface area contributed by atoms with Crippen LogP contribution in [0.3, 0.4) is 0 Å². The van der Waals surface area contributed by atoms with Gasteiger partial charge in [0.15, 0.2) is 0 Å². The van der Waals surface area contributed by atoms with Gasteiger partial charge < -0.3 is 10.3 Å². The van der Waals surface area contributed by atoms with E-state index in [1.54, 1.807) is 0 Å². The molecule has 2 aromatic rings. The van der Waals surface area contributed by atoms with Crippen LogP contribution >= 0.6 is 11.6 Å². The van der Waals surface area contributed by atoms with Crippen molar-refractivity contribution in [2.75, 3.05) is 0 Å². The Kier molecular flexibility index (Phi) is 3.57. The van der Waals surface area contributed by atoms with Crippen molar-refractivity contribution in [2.24, 2.45) is 5.73 Å². The first-order valence-corrected chi connectivity index (χ1v) is 6.38. The van der Waals surface area contributed by atoms with Crippen LogP contribution in [0.1, 0.15) is 30.8 Å². The quantitative estimate of drug-likeness (QED) is 0.864. The molecule has 1 aromatic carbocycles. The summed E-state index contributed by atoms with van der Waals surface area (Å²) in [5, 5.41) is 0. The van der Waals surface area contributed by atoms with E-state index < -0.39 is 0 Å². The van der Waals surface area contributed by atoms with Crippen molar-refractivity contribution in [3.8, 4) is 0 Å². The van der Waals surface area contributed by atoms with E-state index in [0.29, 0.717) is 5.88 Å². The number of para-hydroxylation sites is 1. The van der Waals surface area contributed by atoms with Crippen LogP contribution in [-0.2, 0) is 10.7 Å². The summed E-state index contributed by atoms with van der Waals surface area (Å²) in [7, 11) is 0. The highest BCUT2D eigenvalue weighted by Crippen LogP contribution is 2.26. The zero-order chi connectivity index (χ0) is 13.3. The first-order valence-electron chi connectivity index (χ1n) is 5.85. The summed E-state index contributed by atoms with van der Waals surface area (Å²) in [5.41, 5.74) is 8.32. The van der Waals surface area contributed by atoms with Gasteiger partial charge in [0.05, 0.1) is 16.9 Å². The largest absolute Gasteiger partial charge is 0.370 e. The third kappa shape index (κ3) is 2.20. The monoisotopic (exact) mass is 265 g/mol. The molecular weight excluding hydrogens is 250 g/mol. The molecule has 2 N–H and O–H groups in total. The summed E-state index contributed by atoms with van der Waals surface area (Å²) >= 11 is 5.94. The fourth-order valence-corrected chi connectivity index (χ4v) is 2.51. The molecule has 1 atom stereocenters. The number of benzene rings is 1. The summed E-state index contributed by atoms with van der Waals surface area (Å²) in [6.45, 7) is 3.98. The van der Waals surface area contributed by atoms with E-state index in [2.05, 4.69) is 4.98 Å². The average Bonchev–Trinajstić information content (AvgIpc) is 2.68. The standard InChI is InChI=1S/C13H16ClN3O/c1-8-4-3-5-10-13(8)17(12(7-14)16-10)9(2)6-11(15)18/h3-5,9H,6-7H2,1-2H3,(H2,15,18). The van der Waals surface area contributed by atoms with Crippen LogP contribution in [0.4, 0.5) is 0 Å². The van der Waals surface area contributed by atoms with Crippen molar-refractivity contribution in [1.82, 2.24) is 9.55 Å². The van der Waals surface area contributed by atoms with Gasteiger partial charge in [0, 0.05) is 12.5 Å². The van der Waals surface area contributed by atoms with Crippen molar-refractivity contribution in [1.29, 1.82) is 0 Å². The summed E-state index contributed by atoms with van der Waals surface area (Å²) in [6, 6.07) is 5.90. The Morgan fingerprint density at radius 2 is 2.28 bits per heavy atom. The number of carbonyl (C=O) groups excluding carboxylic acids is 1. The number of carbonyl (C=O) groups is 1. The molecule has 0 aliphatic heterocycles. The first kappa shape index (κ1) is 12.9. The second kappa shape index (κ2) is 4.98. The molecule has 0 aliphatic rings. The van der Waals surface area contributed by atoms with E-state index in [0.717, 1.165) is 22.4 Å². The molecule has 18 heavy (non-hydrogen) atoms. The van der Waals surface area contributed by atoms with Gasteiger partial charge in [-0.3, -0.25) is 4.79 Å². The predicted octanol–water partition coefficient (Wildman–Crippen LogP) is 2.52. The van der Waals surface area contributed by atoms with Gasteiger partial charge >= 0.3 is 0 Å². The summed E-state index contributed by atoms with van der Waals surface area (Å²) in [4.78, 5) is 15.6. The lowest BCUT2D eigenvalue weighted by Crippen LogP contribution is -2.18. The van der Waals surface area contributed by atoms with Crippen LogP contribution < -0.4 is 5.73 Å². The molecule has 0 radical (unpaired) electrons. The van der Waals surface area contributed by atoms with Crippen molar-refractivity contribution in [2.45, 2.75) is 32.2 Å². The molecule has 5 heteroatoms. The highest BCUT2D eigenvalue weighted by molar-refractivity contribution is 6.16. The van der Waals surface area contributed by atoms with Gasteiger partial charge in [0.2, 0.25) is 5.91 Å². The number of fused-ring (bicyclic) bond motifs is 1. The van der Waals surface area contributed by atoms with E-state index in [1.165, 1.54) is 0 Å². The third-order valence-corrected chi connectivity index (χ3v) is 3.28. The molecule has 0 fully saturated rings. The number of hydrogen-bond acceptors (Lipinski definition) is 2. The Balaban J connectivity index is 2.62. The third-order valence-electron chi connectivity index (χ3n) is 3.04. The molecular formula is C13H16ClN3O. The maximum absolute atomic E-state index is 11.1. The van der Waals surface area contributed by atoms with Gasteiger partial charge in [0.25, 0.3) is 0 Å². The molecule has 0 bridgehead atoms. The molecule has 96 valence electrons. The maximum Gasteiger partial charge on any atom is 0.219 e. The Morgan fingerprint density at radius 3 is 2.89 bits per heavy atom. The zero-order valence-corrected chi connectivity index (χ0v) is 11.2. The van der Waals surface area contributed by atoms with Crippen LogP contribution in [0.15, 0.2) is 18.2 Å². The smallest absolute Gasteiger partial charge is 0.219 e. The van der Waals surface area contributed by atoms with Crippen molar-refractivity contribution < 1.29 is 4.79 Å². The van der Waals surface area contributed by atoms with Crippen LogP contribution in [0, 0.1) is 6.92 Å². The van der Waals surface area contributed by atoms with E-state index in [9.17, 15) is 4.79 Å². The average molecular weight is 266 g/mol. The molecule has 0 saturated carbocycles. The SMILES string of the molecule is Cc1cccc2nc(CCl)n(C(C)CC(N)=O)c12. The van der Waals surface area contributed by atoms with Gasteiger partial charge in [-0.2, -0.15) is 0 Å². The normalized spacial score (nSPS) is 12.8. The summed E-state index contributed by atoms with van der Waals surface area (Å²) < 4.78 is 2.02. The minimum atomic E-state index is -0.321. The molecule has 2 rings (SSSR count). The van der Waals surface area contributed by atoms with Gasteiger partial charge in [-0.15, -0.1) is 11.6 Å². The van der Waals surface area contributed by atoms with Gasteiger partial charge in [0.1, 0.15) is 5.82 Å². The second-order valence-corrected chi connectivity index (χ2v) is 4.76. The number of primary amides is 1. The predicted molar refractivity (Wildman–Crippen MR) is 72.5 cm³/mol. The Morgan fingerprint density at radius 1 is 1.56 bits per heavy atom.